The molecule has 1 saturated heterocycles. The summed E-state index contributed by atoms with van der Waals surface area (Å²) in [7, 11) is 2.06. The van der Waals surface area contributed by atoms with Gasteiger partial charge < -0.3 is 15.5 Å². The molecule has 1 aliphatic carbocycles. The smallest absolute Gasteiger partial charge is 0.191 e. The number of hydrogen-bond donors (Lipinski definition) is 1. The molecular weight excluding hydrogens is 437 g/mol. The molecule has 0 bridgehead atoms. The van der Waals surface area contributed by atoms with E-state index < -0.39 is 0 Å². The fraction of sp³-hybridized carbons (Fsp3) is 0.650. The number of nitrogens with zero attached hydrogens (tertiary/aromatic N) is 4. The van der Waals surface area contributed by atoms with E-state index in [1.165, 1.54) is 37.1 Å². The number of hydrogen-bond acceptors (Lipinski definition) is 3. The van der Waals surface area contributed by atoms with Crippen LogP contribution in [0.3, 0.4) is 0 Å². The molecule has 26 heavy (non-hydrogen) atoms. The highest BCUT2D eigenvalue weighted by Crippen LogP contribution is 2.24. The van der Waals surface area contributed by atoms with Crippen molar-refractivity contribution in [2.45, 2.75) is 38.6 Å². The van der Waals surface area contributed by atoms with Gasteiger partial charge in [-0.25, -0.2) is 0 Å². The lowest BCUT2D eigenvalue weighted by Gasteiger charge is -2.36. The predicted octanol–water partition coefficient (Wildman–Crippen LogP) is 2.92. The Morgan fingerprint density at radius 2 is 1.92 bits per heavy atom. The largest absolute Gasteiger partial charge is 0.370 e. The van der Waals surface area contributed by atoms with Crippen molar-refractivity contribution in [2.75, 3.05) is 51.2 Å². The molecule has 1 saturated carbocycles. The van der Waals surface area contributed by atoms with E-state index in [1.807, 2.05) is 0 Å². The van der Waals surface area contributed by atoms with Crippen LogP contribution in [0.15, 0.2) is 29.3 Å². The summed E-state index contributed by atoms with van der Waals surface area (Å²) in [5.74, 6) is 0.717. The van der Waals surface area contributed by atoms with E-state index in [0.717, 1.165) is 39.1 Å². The first-order valence-corrected chi connectivity index (χ1v) is 9.70. The lowest BCUT2D eigenvalue weighted by molar-refractivity contribution is 0.253. The normalized spacial score (nSPS) is 18.5. The SMILES string of the molecule is Cc1cccc(N2CCN(CCCCN=C(N)N(C)C3CC3)CC2)c1.I. The second-order valence-corrected chi connectivity index (χ2v) is 7.46. The first-order valence-electron chi connectivity index (χ1n) is 9.70. The summed E-state index contributed by atoms with van der Waals surface area (Å²) >= 11 is 0. The maximum Gasteiger partial charge on any atom is 0.191 e. The molecule has 2 N–H and O–H groups in total. The lowest BCUT2D eigenvalue weighted by Crippen LogP contribution is -2.46. The van der Waals surface area contributed by atoms with Gasteiger partial charge in [-0.05, 0) is 56.8 Å². The molecule has 146 valence electrons. The van der Waals surface area contributed by atoms with E-state index in [2.05, 4.69) is 57.9 Å². The maximum absolute atomic E-state index is 6.02. The molecule has 1 aromatic rings. The molecule has 0 radical (unpaired) electrons. The Balaban J connectivity index is 0.00000243. The standard InChI is InChI=1S/C20H33N5.HI/c1-17-6-5-7-19(16-17)25-14-12-24(13-15-25)11-4-3-10-22-20(21)23(2)18-8-9-18;/h5-7,16,18H,3-4,8-15H2,1-2H3,(H2,21,22);1H. The van der Waals surface area contributed by atoms with Crippen molar-refractivity contribution in [2.24, 2.45) is 10.7 Å². The van der Waals surface area contributed by atoms with E-state index in [0.29, 0.717) is 12.0 Å². The first-order chi connectivity index (χ1) is 12.1. The average molecular weight is 471 g/mol. The Labute approximate surface area is 175 Å². The van der Waals surface area contributed by atoms with Gasteiger partial charge in [0.15, 0.2) is 5.96 Å². The summed E-state index contributed by atoms with van der Waals surface area (Å²) in [5, 5.41) is 0. The van der Waals surface area contributed by atoms with Crippen LogP contribution < -0.4 is 10.6 Å². The van der Waals surface area contributed by atoms with Crippen molar-refractivity contribution >= 4 is 35.6 Å². The number of rotatable bonds is 7. The molecule has 0 atom stereocenters. The van der Waals surface area contributed by atoms with Gasteiger partial charge in [-0.2, -0.15) is 0 Å². The van der Waals surface area contributed by atoms with Crippen molar-refractivity contribution in [3.8, 4) is 0 Å². The van der Waals surface area contributed by atoms with Crippen molar-refractivity contribution in [3.05, 3.63) is 29.8 Å². The summed E-state index contributed by atoms with van der Waals surface area (Å²) in [4.78, 5) is 11.7. The summed E-state index contributed by atoms with van der Waals surface area (Å²) in [6.07, 6.45) is 4.86. The van der Waals surface area contributed by atoms with Gasteiger partial charge in [-0.15, -0.1) is 24.0 Å². The number of benzene rings is 1. The van der Waals surface area contributed by atoms with Crippen LogP contribution in [-0.2, 0) is 0 Å². The van der Waals surface area contributed by atoms with Crippen LogP contribution in [0.4, 0.5) is 5.69 Å². The average Bonchev–Trinajstić information content (AvgIpc) is 3.46. The first kappa shape index (κ1) is 21.3. The molecule has 1 aliphatic heterocycles. The fourth-order valence-corrected chi connectivity index (χ4v) is 3.46. The van der Waals surface area contributed by atoms with Gasteiger partial charge in [0, 0.05) is 51.5 Å². The minimum atomic E-state index is 0. The zero-order chi connectivity index (χ0) is 17.6. The monoisotopic (exact) mass is 471 g/mol. The molecule has 1 aromatic carbocycles. The van der Waals surface area contributed by atoms with E-state index in [4.69, 9.17) is 5.73 Å². The van der Waals surface area contributed by atoms with Crippen LogP contribution in [0.1, 0.15) is 31.2 Å². The third-order valence-electron chi connectivity index (χ3n) is 5.35. The van der Waals surface area contributed by atoms with E-state index in [-0.39, 0.29) is 24.0 Å². The molecule has 2 fully saturated rings. The number of piperazine rings is 1. The number of anilines is 1. The van der Waals surface area contributed by atoms with Crippen LogP contribution in [0, 0.1) is 6.92 Å². The molecule has 0 unspecified atom stereocenters. The van der Waals surface area contributed by atoms with Crippen molar-refractivity contribution in [1.82, 2.24) is 9.80 Å². The molecule has 2 aliphatic rings. The van der Waals surface area contributed by atoms with Crippen molar-refractivity contribution in [3.63, 3.8) is 0 Å². The number of aryl methyl sites for hydroxylation is 1. The predicted molar refractivity (Wildman–Crippen MR) is 122 cm³/mol. The van der Waals surface area contributed by atoms with Gasteiger partial charge in [-0.3, -0.25) is 9.89 Å². The number of unbranched alkanes of at least 4 members (excludes halogenated alkanes) is 1. The third kappa shape index (κ3) is 6.30. The molecule has 5 nitrogen and oxygen atoms in total. The number of halogens is 1. The van der Waals surface area contributed by atoms with Gasteiger partial charge in [0.25, 0.3) is 0 Å². The van der Waals surface area contributed by atoms with Gasteiger partial charge in [0.2, 0.25) is 0 Å². The van der Waals surface area contributed by atoms with Crippen LogP contribution in [0.25, 0.3) is 0 Å². The van der Waals surface area contributed by atoms with Gasteiger partial charge in [-0.1, -0.05) is 12.1 Å². The number of guanidine groups is 1. The Bertz CT molecular complexity index is 579. The Hall–Kier alpha value is -1.02. The maximum atomic E-state index is 6.02. The van der Waals surface area contributed by atoms with Gasteiger partial charge in [0.05, 0.1) is 0 Å². The molecule has 0 spiro atoms. The number of aliphatic imine (C=N–C) groups is 1. The second kappa shape index (κ2) is 10.3. The zero-order valence-electron chi connectivity index (χ0n) is 16.2. The molecule has 0 amide bonds. The van der Waals surface area contributed by atoms with Crippen LogP contribution in [0.5, 0.6) is 0 Å². The lowest BCUT2D eigenvalue weighted by atomic mass is 10.2. The fourth-order valence-electron chi connectivity index (χ4n) is 3.46. The molecule has 6 heteroatoms. The molecule has 0 aromatic heterocycles. The minimum absolute atomic E-state index is 0. The van der Waals surface area contributed by atoms with Crippen LogP contribution in [-0.4, -0.2) is 68.1 Å². The summed E-state index contributed by atoms with van der Waals surface area (Å²) < 4.78 is 0. The summed E-state index contributed by atoms with van der Waals surface area (Å²) in [6.45, 7) is 8.76. The van der Waals surface area contributed by atoms with Crippen LogP contribution >= 0.6 is 24.0 Å². The topological polar surface area (TPSA) is 48.1 Å². The highest BCUT2D eigenvalue weighted by atomic mass is 127. The second-order valence-electron chi connectivity index (χ2n) is 7.46. The minimum Gasteiger partial charge on any atom is -0.370 e. The zero-order valence-corrected chi connectivity index (χ0v) is 18.6. The Morgan fingerprint density at radius 1 is 1.19 bits per heavy atom. The highest BCUT2D eigenvalue weighted by molar-refractivity contribution is 14.0. The Kier molecular flexibility index (Phi) is 8.47. The van der Waals surface area contributed by atoms with E-state index in [1.54, 1.807) is 0 Å². The summed E-state index contributed by atoms with van der Waals surface area (Å²) in [6, 6.07) is 9.48. The van der Waals surface area contributed by atoms with E-state index >= 15 is 0 Å². The molecular formula is C20H34IN5. The molecule has 1 heterocycles. The summed E-state index contributed by atoms with van der Waals surface area (Å²) in [5.41, 5.74) is 8.73. The third-order valence-corrected chi connectivity index (χ3v) is 5.35. The molecule has 3 rings (SSSR count). The Morgan fingerprint density at radius 3 is 2.58 bits per heavy atom. The van der Waals surface area contributed by atoms with Gasteiger partial charge in [0.1, 0.15) is 0 Å². The van der Waals surface area contributed by atoms with Crippen molar-refractivity contribution < 1.29 is 0 Å². The van der Waals surface area contributed by atoms with Crippen molar-refractivity contribution in [1.29, 1.82) is 0 Å². The number of nitrogens with two attached hydrogens (primary N) is 1. The van der Waals surface area contributed by atoms with E-state index in [9.17, 15) is 0 Å². The quantitative estimate of drug-likeness (QED) is 0.288. The van der Waals surface area contributed by atoms with Gasteiger partial charge >= 0.3 is 0 Å². The highest BCUT2D eigenvalue weighted by Gasteiger charge is 2.27. The van der Waals surface area contributed by atoms with Crippen LogP contribution in [0.2, 0.25) is 0 Å².